The summed E-state index contributed by atoms with van der Waals surface area (Å²) in [7, 11) is 0. The molecule has 0 unspecified atom stereocenters. The molecule has 96 valence electrons. The van der Waals surface area contributed by atoms with Gasteiger partial charge in [-0.3, -0.25) is 0 Å². The molecule has 0 spiro atoms. The van der Waals surface area contributed by atoms with Gasteiger partial charge >= 0.3 is 0 Å². The molecule has 18 heavy (non-hydrogen) atoms. The van der Waals surface area contributed by atoms with Crippen LogP contribution in [0.2, 0.25) is 5.02 Å². The van der Waals surface area contributed by atoms with E-state index in [-0.39, 0.29) is 0 Å². The average molecular weight is 282 g/mol. The number of benzene rings is 1. The molecule has 1 fully saturated rings. The lowest BCUT2D eigenvalue weighted by Gasteiger charge is -2.29. The molecule has 1 saturated heterocycles. The first-order valence-corrected chi connectivity index (χ1v) is 7.41. The highest BCUT2D eigenvalue weighted by molar-refractivity contribution is 7.22. The molecule has 2 aromatic rings. The number of nitrogens with zero attached hydrogens (tertiary/aromatic N) is 2. The Labute approximate surface area is 116 Å². The van der Waals surface area contributed by atoms with Crippen LogP contribution in [0.15, 0.2) is 12.1 Å². The first-order valence-electron chi connectivity index (χ1n) is 6.21. The van der Waals surface area contributed by atoms with Crippen molar-refractivity contribution in [1.29, 1.82) is 0 Å². The molecule has 0 saturated carbocycles. The molecule has 5 heteroatoms. The van der Waals surface area contributed by atoms with Crippen molar-refractivity contribution in [2.24, 2.45) is 5.73 Å². The van der Waals surface area contributed by atoms with Crippen LogP contribution in [0.3, 0.4) is 0 Å². The predicted molar refractivity (Wildman–Crippen MR) is 78.8 cm³/mol. The lowest BCUT2D eigenvalue weighted by Crippen LogP contribution is -2.39. The van der Waals surface area contributed by atoms with Crippen LogP contribution >= 0.6 is 22.9 Å². The molecule has 2 N–H and O–H groups in total. The van der Waals surface area contributed by atoms with Crippen LogP contribution in [0.1, 0.15) is 18.4 Å². The molecule has 0 bridgehead atoms. The second kappa shape index (κ2) is 4.68. The van der Waals surface area contributed by atoms with E-state index in [1.807, 2.05) is 12.1 Å². The van der Waals surface area contributed by atoms with Gasteiger partial charge in [-0.05, 0) is 31.4 Å². The Morgan fingerprint density at radius 1 is 1.39 bits per heavy atom. The number of aryl methyl sites for hydroxylation is 1. The summed E-state index contributed by atoms with van der Waals surface area (Å²) in [6.45, 7) is 4.07. The number of rotatable bonds is 1. The topological polar surface area (TPSA) is 42.1 Å². The third-order valence-corrected chi connectivity index (χ3v) is 5.07. The van der Waals surface area contributed by atoms with Crippen LogP contribution < -0.4 is 10.6 Å². The Bertz CT molecular complexity index is 534. The monoisotopic (exact) mass is 281 g/mol. The number of hydrogen-bond acceptors (Lipinski definition) is 4. The average Bonchev–Trinajstić information content (AvgIpc) is 2.81. The highest BCUT2D eigenvalue weighted by atomic mass is 35.5. The van der Waals surface area contributed by atoms with Crippen molar-refractivity contribution in [2.75, 3.05) is 18.0 Å². The normalized spacial score (nSPS) is 17.6. The SMILES string of the molecule is Cc1ccc(Cl)c2sc(N3CCC(N)CC3)nc12. The maximum absolute atomic E-state index is 6.24. The van der Waals surface area contributed by atoms with Crippen molar-refractivity contribution < 1.29 is 0 Å². The van der Waals surface area contributed by atoms with Crippen molar-refractivity contribution in [2.45, 2.75) is 25.8 Å². The molecule has 1 aliphatic heterocycles. The van der Waals surface area contributed by atoms with E-state index < -0.39 is 0 Å². The van der Waals surface area contributed by atoms with Crippen molar-refractivity contribution >= 4 is 38.3 Å². The standard InChI is InChI=1S/C13H16ClN3S/c1-8-2-3-10(14)12-11(8)16-13(18-12)17-6-4-9(15)5-7-17/h2-3,9H,4-7,15H2,1H3. The van der Waals surface area contributed by atoms with Crippen molar-refractivity contribution in [1.82, 2.24) is 4.98 Å². The van der Waals surface area contributed by atoms with Gasteiger partial charge in [0.2, 0.25) is 0 Å². The summed E-state index contributed by atoms with van der Waals surface area (Å²) in [6.07, 6.45) is 2.09. The van der Waals surface area contributed by atoms with Gasteiger partial charge in [-0.2, -0.15) is 0 Å². The van der Waals surface area contributed by atoms with Gasteiger partial charge in [-0.15, -0.1) is 0 Å². The van der Waals surface area contributed by atoms with Gasteiger partial charge in [0, 0.05) is 19.1 Å². The number of aromatic nitrogens is 1. The van der Waals surface area contributed by atoms with Crippen LogP contribution in [-0.2, 0) is 0 Å². The zero-order valence-electron chi connectivity index (χ0n) is 10.3. The van der Waals surface area contributed by atoms with Gasteiger partial charge in [-0.1, -0.05) is 29.0 Å². The molecule has 3 nitrogen and oxygen atoms in total. The minimum absolute atomic E-state index is 0.348. The van der Waals surface area contributed by atoms with E-state index in [9.17, 15) is 0 Å². The maximum Gasteiger partial charge on any atom is 0.186 e. The minimum Gasteiger partial charge on any atom is -0.348 e. The first-order chi connectivity index (χ1) is 8.65. The van der Waals surface area contributed by atoms with Crippen molar-refractivity contribution in [3.05, 3.63) is 22.7 Å². The summed E-state index contributed by atoms with van der Waals surface area (Å²) in [5, 5.41) is 1.88. The van der Waals surface area contributed by atoms with Crippen LogP contribution in [0.4, 0.5) is 5.13 Å². The minimum atomic E-state index is 0.348. The Balaban J connectivity index is 1.98. The molecule has 0 amide bonds. The smallest absolute Gasteiger partial charge is 0.186 e. The Morgan fingerprint density at radius 2 is 2.11 bits per heavy atom. The third-order valence-electron chi connectivity index (χ3n) is 3.50. The third kappa shape index (κ3) is 2.09. The quantitative estimate of drug-likeness (QED) is 0.873. The van der Waals surface area contributed by atoms with Gasteiger partial charge in [0.15, 0.2) is 5.13 Å². The molecule has 0 aliphatic carbocycles. The van der Waals surface area contributed by atoms with E-state index in [4.69, 9.17) is 22.3 Å². The van der Waals surface area contributed by atoms with E-state index in [2.05, 4.69) is 11.8 Å². The molecule has 0 atom stereocenters. The number of fused-ring (bicyclic) bond motifs is 1. The Kier molecular flexibility index (Phi) is 3.18. The summed E-state index contributed by atoms with van der Waals surface area (Å²) in [4.78, 5) is 7.06. The van der Waals surface area contributed by atoms with Crippen molar-refractivity contribution in [3.63, 3.8) is 0 Å². The highest BCUT2D eigenvalue weighted by Crippen LogP contribution is 2.36. The fourth-order valence-corrected chi connectivity index (χ4v) is 3.69. The molecule has 3 rings (SSSR count). The van der Waals surface area contributed by atoms with Crippen LogP contribution in [0.5, 0.6) is 0 Å². The van der Waals surface area contributed by atoms with E-state index >= 15 is 0 Å². The first kappa shape index (κ1) is 12.2. The summed E-state index contributed by atoms with van der Waals surface area (Å²) in [5.41, 5.74) is 8.16. The molecular formula is C13H16ClN3S. The number of hydrogen-bond donors (Lipinski definition) is 1. The van der Waals surface area contributed by atoms with Gasteiger partial charge in [0.1, 0.15) is 0 Å². The lowest BCUT2D eigenvalue weighted by molar-refractivity contribution is 0.501. The predicted octanol–water partition coefficient (Wildman–Crippen LogP) is 3.19. The van der Waals surface area contributed by atoms with Gasteiger partial charge in [-0.25, -0.2) is 4.98 Å². The summed E-state index contributed by atoms with van der Waals surface area (Å²) >= 11 is 7.92. The molecule has 0 radical (unpaired) electrons. The van der Waals surface area contributed by atoms with Gasteiger partial charge in [0.05, 0.1) is 15.2 Å². The fraction of sp³-hybridized carbons (Fsp3) is 0.462. The zero-order chi connectivity index (χ0) is 12.7. The Hall–Kier alpha value is -0.840. The number of piperidine rings is 1. The Morgan fingerprint density at radius 3 is 2.78 bits per heavy atom. The largest absolute Gasteiger partial charge is 0.348 e. The molecule has 2 heterocycles. The number of nitrogens with two attached hydrogens (primary N) is 1. The van der Waals surface area contributed by atoms with E-state index in [1.165, 1.54) is 5.56 Å². The second-order valence-electron chi connectivity index (χ2n) is 4.86. The van der Waals surface area contributed by atoms with Gasteiger partial charge < -0.3 is 10.6 Å². The van der Waals surface area contributed by atoms with Crippen LogP contribution in [0, 0.1) is 6.92 Å². The molecule has 1 aliphatic rings. The molecule has 1 aromatic carbocycles. The summed E-state index contributed by atoms with van der Waals surface area (Å²) < 4.78 is 1.10. The maximum atomic E-state index is 6.24. The fourth-order valence-electron chi connectivity index (χ4n) is 2.32. The highest BCUT2D eigenvalue weighted by Gasteiger charge is 2.20. The zero-order valence-corrected chi connectivity index (χ0v) is 11.9. The summed E-state index contributed by atoms with van der Waals surface area (Å²) in [5.74, 6) is 0. The van der Waals surface area contributed by atoms with Crippen LogP contribution in [-0.4, -0.2) is 24.1 Å². The van der Waals surface area contributed by atoms with Crippen molar-refractivity contribution in [3.8, 4) is 0 Å². The second-order valence-corrected chi connectivity index (χ2v) is 6.25. The lowest BCUT2D eigenvalue weighted by atomic mass is 10.1. The van der Waals surface area contributed by atoms with E-state index in [1.54, 1.807) is 11.3 Å². The van der Waals surface area contributed by atoms with Crippen LogP contribution in [0.25, 0.3) is 10.2 Å². The number of halogens is 1. The summed E-state index contributed by atoms with van der Waals surface area (Å²) in [6, 6.07) is 4.33. The number of anilines is 1. The van der Waals surface area contributed by atoms with E-state index in [0.717, 1.165) is 46.3 Å². The van der Waals surface area contributed by atoms with E-state index in [0.29, 0.717) is 6.04 Å². The van der Waals surface area contributed by atoms with Gasteiger partial charge in [0.25, 0.3) is 0 Å². The number of thiazole rings is 1. The molecule has 1 aromatic heterocycles. The molecular weight excluding hydrogens is 266 g/mol.